The van der Waals surface area contributed by atoms with E-state index in [0.717, 1.165) is 0 Å². The van der Waals surface area contributed by atoms with Crippen LogP contribution in [0.15, 0.2) is 11.0 Å². The van der Waals surface area contributed by atoms with Crippen LogP contribution in [0.3, 0.4) is 0 Å². The van der Waals surface area contributed by atoms with Crippen LogP contribution in [-0.4, -0.2) is 59.1 Å². The van der Waals surface area contributed by atoms with Crippen LogP contribution in [0.5, 0.6) is 0 Å². The van der Waals surface area contributed by atoms with Gasteiger partial charge in [0, 0.05) is 6.20 Å². The van der Waals surface area contributed by atoms with Gasteiger partial charge in [0.2, 0.25) is 0 Å². The average molecular weight is 465 g/mol. The fourth-order valence-corrected chi connectivity index (χ4v) is 3.54. The number of phosphoric ester groups is 1. The highest BCUT2D eigenvalue weighted by molar-refractivity contribution is 7.71. The number of nitrogens with one attached hydrogen (secondary N) is 1. The minimum Gasteiger partial charge on any atom is -0.385 e. The Balaban J connectivity index is 2.55. The highest BCUT2D eigenvalue weighted by Crippen LogP contribution is 2.58. The van der Waals surface area contributed by atoms with E-state index in [1.54, 1.807) is 0 Å². The van der Waals surface area contributed by atoms with Gasteiger partial charge in [-0.1, -0.05) is 18.1 Å². The summed E-state index contributed by atoms with van der Waals surface area (Å²) in [4.78, 5) is 40.5. The molecule has 0 saturated carbocycles. The number of alkyl halides is 1. The van der Waals surface area contributed by atoms with Crippen molar-refractivity contribution in [3.05, 3.63) is 26.9 Å². The minimum absolute atomic E-state index is 0.119. The first-order valence-corrected chi connectivity index (χ1v) is 10.1. The van der Waals surface area contributed by atoms with Gasteiger partial charge in [-0.3, -0.25) is 14.1 Å². The Kier molecular flexibility index (Phi) is 5.26. The first-order chi connectivity index (χ1) is 13.8. The lowest BCUT2D eigenvalue weighted by molar-refractivity contribution is -0.204. The average Bonchev–Trinajstić information content (AvgIpc) is 2.74. The van der Waals surface area contributed by atoms with E-state index in [-0.39, 0.29) is 14.8 Å². The molecule has 13 nitrogen and oxygen atoms in total. The van der Waals surface area contributed by atoms with Gasteiger partial charge in [-0.05, 0) is 0 Å². The number of ether oxygens (including phenoxy) is 1. The summed E-state index contributed by atoms with van der Waals surface area (Å²) in [6.45, 7) is -4.30. The molecule has 0 aromatic carbocycles. The van der Waals surface area contributed by atoms with E-state index >= 15 is 4.39 Å². The predicted octanol–water partition coefficient (Wildman–Crippen LogP) is -0.970. The summed E-state index contributed by atoms with van der Waals surface area (Å²) >= 11 is 4.75. The summed E-state index contributed by atoms with van der Waals surface area (Å²) in [6, 6.07) is 0. The third kappa shape index (κ3) is 5.01. The third-order valence-corrected chi connectivity index (χ3v) is 5.35. The number of aromatic amines is 1. The van der Waals surface area contributed by atoms with Crippen LogP contribution < -0.4 is 5.69 Å². The Hall–Kier alpha value is -1.27. The fraction of sp³-hybridized carbons (Fsp3) is 0.455. The van der Waals surface area contributed by atoms with Crippen LogP contribution >= 0.6 is 27.9 Å². The number of terminal acetylenes is 1. The highest BCUT2D eigenvalue weighted by atomic mass is 32.1. The molecule has 2 heterocycles. The Labute approximate surface area is 164 Å². The second kappa shape index (κ2) is 7.86. The van der Waals surface area contributed by atoms with E-state index < -0.39 is 52.2 Å². The summed E-state index contributed by atoms with van der Waals surface area (Å²) in [5.41, 5.74) is -1.56. The Bertz CT molecular complexity index is 1150. The van der Waals surface area contributed by atoms with Gasteiger partial charge < -0.3 is 29.6 Å². The van der Waals surface area contributed by atoms with E-state index in [4.69, 9.17) is 32.5 Å². The second-order valence-electron chi connectivity index (χ2n) is 5.03. The molecular weight excluding hydrogens is 449 g/mol. The lowest BCUT2D eigenvalue weighted by atomic mass is 10.1. The molecule has 6 N–H and O–H groups in total. The van der Waals surface area contributed by atoms with E-state index in [1.165, 1.54) is 0 Å². The number of aliphatic hydroxyl groups is 2. The smallest absolute Gasteiger partial charge is 0.385 e. The summed E-state index contributed by atoms with van der Waals surface area (Å²) in [6.07, 6.45) is -3.33. The van der Waals surface area contributed by atoms with Crippen molar-refractivity contribution in [3.63, 3.8) is 0 Å². The maximum absolute atomic E-state index is 15.4. The van der Waals surface area contributed by atoms with Crippen LogP contribution in [0, 0.1) is 17.0 Å². The summed E-state index contributed by atoms with van der Waals surface area (Å²) < 4.78 is 72.1. The van der Waals surface area contributed by atoms with E-state index in [2.05, 4.69) is 13.6 Å². The molecule has 1 fully saturated rings. The molecule has 0 amide bonds. The van der Waals surface area contributed by atoms with Crippen molar-refractivity contribution in [1.29, 1.82) is 0 Å². The van der Waals surface area contributed by atoms with Crippen LogP contribution in [-0.2, 0) is 22.7 Å². The Morgan fingerprint density at radius 2 is 2.14 bits per heavy atom. The van der Waals surface area contributed by atoms with Crippen molar-refractivity contribution in [3.8, 4) is 12.3 Å². The quantitative estimate of drug-likeness (QED) is 0.171. The number of phosphoric acid groups is 2. The van der Waals surface area contributed by atoms with Gasteiger partial charge in [0.1, 0.15) is 23.4 Å². The van der Waals surface area contributed by atoms with Crippen molar-refractivity contribution in [2.45, 2.75) is 24.3 Å². The van der Waals surface area contributed by atoms with Crippen LogP contribution in [0.1, 0.15) is 15.9 Å². The molecule has 1 aromatic heterocycles. The lowest BCUT2D eigenvalue weighted by Crippen LogP contribution is -2.43. The van der Waals surface area contributed by atoms with Crippen LogP contribution in [0.4, 0.5) is 4.39 Å². The Morgan fingerprint density at radius 1 is 1.54 bits per heavy atom. The van der Waals surface area contributed by atoms with Crippen molar-refractivity contribution < 1.29 is 56.1 Å². The summed E-state index contributed by atoms with van der Waals surface area (Å²) in [5.74, 6) is -2.37. The molecule has 17 heteroatoms. The number of aliphatic hydroxyl groups excluding tert-OH is 2. The van der Waals surface area contributed by atoms with Gasteiger partial charge in [0.15, 0.2) is 6.20 Å². The molecule has 0 spiro atoms. The topological polar surface area (TPSA) is 201 Å². The van der Waals surface area contributed by atoms with Crippen molar-refractivity contribution >= 4 is 27.9 Å². The summed E-state index contributed by atoms with van der Waals surface area (Å²) in [5, 5.41) is 20.2. The first kappa shape index (κ1) is 18.7. The zero-order valence-corrected chi connectivity index (χ0v) is 15.7. The van der Waals surface area contributed by atoms with Gasteiger partial charge in [-0.2, -0.15) is 4.31 Å². The molecule has 1 aliphatic rings. The number of nitrogens with zero attached hydrogens (tertiary/aromatic N) is 1. The van der Waals surface area contributed by atoms with Gasteiger partial charge in [0.25, 0.3) is 5.85 Å². The maximum Gasteiger partial charge on any atom is 0.481 e. The minimum atomic E-state index is -6.05. The largest absolute Gasteiger partial charge is 0.481 e. The highest BCUT2D eigenvalue weighted by Gasteiger charge is 2.57. The molecule has 28 heavy (non-hydrogen) atoms. The normalized spacial score (nSPS) is 34.7. The number of aromatic nitrogens is 2. The Morgan fingerprint density at radius 3 is 2.68 bits per heavy atom. The molecule has 2 rings (SSSR count). The standard InChI is InChI=1S/C11H13FN2O11P2S/c1-2-5-3-14(10(17)13-8(5)28)9-6(15)7(16)11(12,24-9)4-23-27(21,22)25-26(18,19)20/h1,3,6-7,9,15-16H,4H2,(H,21,22)(H,13,17,28)(H2,18,19,20)/t6-,7+,9-,11-/m1/s1/i4D2,9D. The molecule has 156 valence electrons. The van der Waals surface area contributed by atoms with E-state index in [0.29, 0.717) is 6.20 Å². The fourth-order valence-electron chi connectivity index (χ4n) is 1.89. The SMILES string of the molecule is [2H]C([2H])(OP(=O)(O)OP(=O)(O)O)[C@@]1(F)O[C@@]([2H])(n2cc(C#C)c(=S)[nH]c2=O)[C@H](O)[C@@H]1O. The number of hydrogen-bond acceptors (Lipinski definition) is 9. The number of rotatable bonds is 6. The molecule has 0 aliphatic carbocycles. The van der Waals surface area contributed by atoms with Crippen LogP contribution in [0.2, 0.25) is 0 Å². The van der Waals surface area contributed by atoms with E-state index in [1.807, 2.05) is 10.9 Å². The lowest BCUT2D eigenvalue weighted by Gasteiger charge is -2.23. The van der Waals surface area contributed by atoms with Gasteiger partial charge in [0.05, 0.1) is 9.68 Å². The monoisotopic (exact) mass is 465 g/mol. The van der Waals surface area contributed by atoms with Gasteiger partial charge in [-0.25, -0.2) is 18.3 Å². The number of H-pyrrole nitrogens is 1. The van der Waals surface area contributed by atoms with Gasteiger partial charge >= 0.3 is 21.3 Å². The molecule has 1 aromatic rings. The molecule has 1 saturated heterocycles. The zero-order valence-electron chi connectivity index (χ0n) is 16.1. The third-order valence-electron chi connectivity index (χ3n) is 3.03. The molecule has 0 bridgehead atoms. The van der Waals surface area contributed by atoms with Crippen molar-refractivity contribution in [2.75, 3.05) is 6.56 Å². The molecular formula is C11H13FN2O11P2S. The first-order valence-electron chi connectivity index (χ1n) is 8.18. The summed E-state index contributed by atoms with van der Waals surface area (Å²) in [7, 11) is -11.8. The van der Waals surface area contributed by atoms with Crippen LogP contribution in [0.25, 0.3) is 0 Å². The van der Waals surface area contributed by atoms with Crippen molar-refractivity contribution in [2.24, 2.45) is 0 Å². The molecule has 0 radical (unpaired) electrons. The van der Waals surface area contributed by atoms with E-state index in [9.17, 15) is 29.0 Å². The molecule has 1 aliphatic heterocycles. The number of hydrogen-bond donors (Lipinski definition) is 6. The molecule has 5 atom stereocenters. The van der Waals surface area contributed by atoms with Gasteiger partial charge in [-0.15, -0.1) is 6.42 Å². The zero-order chi connectivity index (χ0) is 24.2. The van der Waals surface area contributed by atoms with Crippen molar-refractivity contribution in [1.82, 2.24) is 9.55 Å². The maximum atomic E-state index is 15.4. The molecule has 1 unspecified atom stereocenters. The predicted molar refractivity (Wildman–Crippen MR) is 88.7 cm³/mol. The second-order valence-corrected chi connectivity index (χ2v) is 8.19. The number of halogens is 1.